The molecule has 0 aliphatic heterocycles. The number of hydrogen-bond donors (Lipinski definition) is 5. The van der Waals surface area contributed by atoms with Crippen molar-refractivity contribution in [2.24, 2.45) is 0 Å². The summed E-state index contributed by atoms with van der Waals surface area (Å²) in [6.45, 7) is 0. The summed E-state index contributed by atoms with van der Waals surface area (Å²) in [5.74, 6) is -1.31. The van der Waals surface area contributed by atoms with E-state index < -0.39 is 13.8 Å². The summed E-state index contributed by atoms with van der Waals surface area (Å²) in [6.07, 6.45) is 0. The number of carboxylic acids is 1. The van der Waals surface area contributed by atoms with Crippen molar-refractivity contribution in [1.82, 2.24) is 0 Å². The number of rotatable bonds is 1. The molecule has 88 valence electrons. The number of phenols is 1. The molecule has 7 nitrogen and oxygen atoms in total. The molecule has 10 heteroatoms. The molecule has 0 heterocycles. The molecular formula is C7H11Na2O7P. The van der Waals surface area contributed by atoms with Gasteiger partial charge in [-0.15, -0.1) is 0 Å². The summed E-state index contributed by atoms with van der Waals surface area (Å²) >= 11 is 0. The fourth-order valence-corrected chi connectivity index (χ4v) is 0.654. The summed E-state index contributed by atoms with van der Waals surface area (Å²) < 4.78 is 8.88. The average Bonchev–Trinajstić information content (AvgIpc) is 2.01. The van der Waals surface area contributed by atoms with Crippen molar-refractivity contribution in [2.45, 2.75) is 0 Å². The molecule has 0 aromatic heterocycles. The standard InChI is InChI=1S/C7H6O3.2Na.H3O4P.2H/c8-6-4-2-1-3-5(6)7(9)10;;;1-5(2,3)4;;/h1-4,8H,(H,9,10);;;(H3,1,2,3,4);;. The van der Waals surface area contributed by atoms with Gasteiger partial charge in [-0.3, -0.25) is 0 Å². The molecule has 0 spiro atoms. The Balaban J connectivity index is -0.000000247. The van der Waals surface area contributed by atoms with E-state index in [0.717, 1.165) is 0 Å². The van der Waals surface area contributed by atoms with Crippen LogP contribution < -0.4 is 0 Å². The van der Waals surface area contributed by atoms with Crippen LogP contribution in [0.4, 0.5) is 0 Å². The second kappa shape index (κ2) is 10.5. The van der Waals surface area contributed by atoms with Crippen LogP contribution in [-0.4, -0.2) is 90.0 Å². The van der Waals surface area contributed by atoms with Crippen molar-refractivity contribution < 1.29 is 34.3 Å². The maximum atomic E-state index is 10.3. The summed E-state index contributed by atoms with van der Waals surface area (Å²) in [5, 5.41) is 17.3. The normalized spacial score (nSPS) is 8.88. The number of hydrogen-bond acceptors (Lipinski definition) is 3. The van der Waals surface area contributed by atoms with Crippen LogP contribution in [0.25, 0.3) is 0 Å². The molecule has 0 radical (unpaired) electrons. The van der Waals surface area contributed by atoms with Gasteiger partial charge in [-0.1, -0.05) is 12.1 Å². The van der Waals surface area contributed by atoms with Crippen LogP contribution in [0.3, 0.4) is 0 Å². The van der Waals surface area contributed by atoms with Crippen molar-refractivity contribution in [3.05, 3.63) is 29.8 Å². The van der Waals surface area contributed by atoms with E-state index in [1.54, 1.807) is 12.1 Å². The molecule has 0 saturated carbocycles. The summed E-state index contributed by atoms with van der Waals surface area (Å²) in [4.78, 5) is 31.8. The van der Waals surface area contributed by atoms with Crippen molar-refractivity contribution >= 4 is 72.9 Å². The van der Waals surface area contributed by atoms with E-state index in [0.29, 0.717) is 0 Å². The number of phosphoric acid groups is 1. The summed E-state index contributed by atoms with van der Waals surface area (Å²) in [5.41, 5.74) is -0.0671. The van der Waals surface area contributed by atoms with E-state index in [-0.39, 0.29) is 70.4 Å². The first-order chi connectivity index (χ1) is 6.72. The number of para-hydroxylation sites is 1. The van der Waals surface area contributed by atoms with Gasteiger partial charge in [0.2, 0.25) is 0 Å². The van der Waals surface area contributed by atoms with Crippen LogP contribution in [-0.2, 0) is 4.57 Å². The molecule has 0 aliphatic carbocycles. The monoisotopic (exact) mass is 284 g/mol. The van der Waals surface area contributed by atoms with Crippen molar-refractivity contribution in [3.8, 4) is 5.75 Å². The Kier molecular flexibility index (Phi) is 14.1. The van der Waals surface area contributed by atoms with E-state index in [1.165, 1.54) is 12.1 Å². The second-order valence-corrected chi connectivity index (χ2v) is 3.36. The topological polar surface area (TPSA) is 135 Å². The first-order valence-electron chi connectivity index (χ1n) is 3.51. The molecular weight excluding hydrogens is 273 g/mol. The Morgan fingerprint density at radius 3 is 1.65 bits per heavy atom. The first kappa shape index (κ1) is 22.8. The first-order valence-corrected chi connectivity index (χ1v) is 5.08. The summed E-state index contributed by atoms with van der Waals surface area (Å²) in [6, 6.07) is 5.81. The maximum absolute atomic E-state index is 10.3. The number of benzene rings is 1. The van der Waals surface area contributed by atoms with Gasteiger partial charge in [0.1, 0.15) is 11.3 Å². The zero-order valence-electron chi connectivity index (χ0n) is 7.31. The Labute approximate surface area is 141 Å². The van der Waals surface area contributed by atoms with Crippen LogP contribution >= 0.6 is 7.82 Å². The fourth-order valence-electron chi connectivity index (χ4n) is 0.654. The van der Waals surface area contributed by atoms with Gasteiger partial charge >= 0.3 is 72.9 Å². The van der Waals surface area contributed by atoms with E-state index in [2.05, 4.69) is 0 Å². The van der Waals surface area contributed by atoms with Crippen LogP contribution in [0.5, 0.6) is 5.75 Å². The van der Waals surface area contributed by atoms with E-state index in [9.17, 15) is 4.79 Å². The Bertz CT molecular complexity index is 383. The number of carbonyl (C=O) groups is 1. The molecule has 5 N–H and O–H groups in total. The molecule has 1 aromatic carbocycles. The van der Waals surface area contributed by atoms with Gasteiger partial charge in [0, 0.05) is 0 Å². The van der Waals surface area contributed by atoms with Gasteiger partial charge in [0.25, 0.3) is 0 Å². The molecule has 17 heavy (non-hydrogen) atoms. The molecule has 0 unspecified atom stereocenters. The molecule has 0 saturated heterocycles. The SMILES string of the molecule is O=C(O)c1ccccc1O.O=P(O)(O)O.[NaH].[NaH]. The van der Waals surface area contributed by atoms with Gasteiger partial charge < -0.3 is 24.9 Å². The molecule has 0 bridgehead atoms. The molecule has 0 fully saturated rings. The Morgan fingerprint density at radius 2 is 1.41 bits per heavy atom. The number of aromatic carboxylic acids is 1. The molecule has 1 rings (SSSR count). The number of carboxylic acid groups (broad SMARTS) is 1. The predicted octanol–water partition coefficient (Wildman–Crippen LogP) is -1.14. The van der Waals surface area contributed by atoms with Crippen molar-refractivity contribution in [2.75, 3.05) is 0 Å². The van der Waals surface area contributed by atoms with Crippen LogP contribution in [0, 0.1) is 0 Å². The minimum atomic E-state index is -4.64. The zero-order chi connectivity index (χ0) is 12.1. The average molecular weight is 284 g/mol. The van der Waals surface area contributed by atoms with Crippen molar-refractivity contribution in [1.29, 1.82) is 0 Å². The quantitative estimate of drug-likeness (QED) is 0.325. The van der Waals surface area contributed by atoms with Gasteiger partial charge in [-0.2, -0.15) is 0 Å². The van der Waals surface area contributed by atoms with Crippen LogP contribution in [0.2, 0.25) is 0 Å². The third-order valence-corrected chi connectivity index (χ3v) is 1.13. The summed E-state index contributed by atoms with van der Waals surface area (Å²) in [7, 11) is -4.64. The molecule has 0 atom stereocenters. The molecule has 0 amide bonds. The van der Waals surface area contributed by atoms with Gasteiger partial charge in [-0.05, 0) is 12.1 Å². The van der Waals surface area contributed by atoms with Gasteiger partial charge in [-0.25, -0.2) is 9.36 Å². The number of aromatic hydroxyl groups is 1. The van der Waals surface area contributed by atoms with Crippen molar-refractivity contribution in [3.63, 3.8) is 0 Å². The third kappa shape index (κ3) is 14.5. The van der Waals surface area contributed by atoms with E-state index in [4.69, 9.17) is 29.5 Å². The van der Waals surface area contributed by atoms with E-state index >= 15 is 0 Å². The third-order valence-electron chi connectivity index (χ3n) is 1.13. The zero-order valence-corrected chi connectivity index (χ0v) is 8.20. The minimum absolute atomic E-state index is 0. The Morgan fingerprint density at radius 1 is 1.06 bits per heavy atom. The van der Waals surface area contributed by atoms with Gasteiger partial charge in [0.05, 0.1) is 0 Å². The molecule has 0 aliphatic rings. The molecule has 1 aromatic rings. The Hall–Kier alpha value is 0.600. The van der Waals surface area contributed by atoms with Crippen LogP contribution in [0.1, 0.15) is 10.4 Å². The van der Waals surface area contributed by atoms with Crippen LogP contribution in [0.15, 0.2) is 24.3 Å². The van der Waals surface area contributed by atoms with E-state index in [1.807, 2.05) is 0 Å². The fraction of sp³-hybridized carbons (Fsp3) is 0. The second-order valence-electron chi connectivity index (χ2n) is 2.34. The van der Waals surface area contributed by atoms with Gasteiger partial charge in [0.15, 0.2) is 0 Å². The predicted molar refractivity (Wildman–Crippen MR) is 63.6 cm³/mol.